The average Bonchev–Trinajstić information content (AvgIpc) is 3.28. The normalized spacial score (nSPS) is 42.9. The summed E-state index contributed by atoms with van der Waals surface area (Å²) in [6.45, 7) is 12.7. The van der Waals surface area contributed by atoms with Gasteiger partial charge in [0.25, 0.3) is 0 Å². The van der Waals surface area contributed by atoms with E-state index < -0.39 is 11.0 Å². The van der Waals surface area contributed by atoms with Gasteiger partial charge in [-0.05, 0) is 80.7 Å². The topological polar surface area (TPSA) is 70.7 Å². The zero-order chi connectivity index (χ0) is 23.2. The third-order valence-electron chi connectivity index (χ3n) is 10.5. The van der Waals surface area contributed by atoms with E-state index >= 15 is 0 Å². The maximum atomic E-state index is 14.0. The first kappa shape index (κ1) is 20.1. The second-order valence-corrected chi connectivity index (χ2v) is 12.6. The monoisotopic (exact) mass is 447 g/mol. The number of piperidine rings is 2. The van der Waals surface area contributed by atoms with Crippen molar-refractivity contribution in [1.82, 2.24) is 10.2 Å². The van der Waals surface area contributed by atoms with E-state index in [9.17, 15) is 9.59 Å². The minimum absolute atomic E-state index is 0.0707. The molecular formula is C27H33N3O3. The van der Waals surface area contributed by atoms with Gasteiger partial charge < -0.3 is 15.4 Å². The Hall–Kier alpha value is -2.34. The van der Waals surface area contributed by atoms with Crippen LogP contribution in [0.2, 0.25) is 0 Å². The molecule has 0 radical (unpaired) electrons. The highest BCUT2D eigenvalue weighted by atomic mass is 16.5. The van der Waals surface area contributed by atoms with Crippen LogP contribution in [0.15, 0.2) is 18.2 Å². The first-order chi connectivity index (χ1) is 15.5. The van der Waals surface area contributed by atoms with E-state index in [2.05, 4.69) is 54.5 Å². The number of hydrogen-bond acceptors (Lipinski definition) is 4. The van der Waals surface area contributed by atoms with Crippen molar-refractivity contribution >= 4 is 23.6 Å². The fourth-order valence-corrected chi connectivity index (χ4v) is 8.80. The number of carbonyl (C=O) groups excluding carboxylic acids is 2. The molecule has 6 nitrogen and oxygen atoms in total. The van der Waals surface area contributed by atoms with Gasteiger partial charge in [0.15, 0.2) is 0 Å². The highest BCUT2D eigenvalue weighted by Gasteiger charge is 2.78. The summed E-state index contributed by atoms with van der Waals surface area (Å²) in [6.07, 6.45) is 6.72. The Balaban J connectivity index is 1.40. The molecule has 3 spiro atoms. The van der Waals surface area contributed by atoms with Gasteiger partial charge in [-0.15, -0.1) is 0 Å². The number of nitrogens with one attached hydrogen (secondary N) is 2. The fourth-order valence-electron chi connectivity index (χ4n) is 8.80. The van der Waals surface area contributed by atoms with Gasteiger partial charge in [-0.2, -0.15) is 0 Å². The van der Waals surface area contributed by atoms with Gasteiger partial charge in [-0.3, -0.25) is 14.5 Å². The molecule has 2 amide bonds. The largest absolute Gasteiger partial charge is 0.483 e. The molecule has 8 rings (SSSR count). The molecule has 1 aromatic rings. The van der Waals surface area contributed by atoms with E-state index in [1.165, 1.54) is 0 Å². The Bertz CT molecular complexity index is 1190. The summed E-state index contributed by atoms with van der Waals surface area (Å²) in [5.41, 5.74) is 0.793. The summed E-state index contributed by atoms with van der Waals surface area (Å²) < 4.78 is 6.20. The molecule has 5 atom stereocenters. The number of hydrogen-bond donors (Lipinski definition) is 2. The van der Waals surface area contributed by atoms with Crippen molar-refractivity contribution in [1.29, 1.82) is 0 Å². The lowest BCUT2D eigenvalue weighted by Gasteiger charge is -2.61. The van der Waals surface area contributed by atoms with Crippen molar-refractivity contribution in [3.8, 4) is 5.75 Å². The molecule has 6 aliphatic heterocycles. The lowest BCUT2D eigenvalue weighted by atomic mass is 9.56. The van der Waals surface area contributed by atoms with Crippen LogP contribution in [0.25, 0.3) is 6.08 Å². The Labute approximate surface area is 195 Å². The van der Waals surface area contributed by atoms with Gasteiger partial charge in [-0.25, -0.2) is 0 Å². The highest BCUT2D eigenvalue weighted by molar-refractivity contribution is 6.10. The van der Waals surface area contributed by atoms with Crippen LogP contribution >= 0.6 is 0 Å². The summed E-state index contributed by atoms with van der Waals surface area (Å²) in [5, 5.41) is 6.79. The summed E-state index contributed by atoms with van der Waals surface area (Å²) in [5.74, 6) is 1.66. The van der Waals surface area contributed by atoms with Crippen LogP contribution in [-0.4, -0.2) is 46.5 Å². The predicted molar refractivity (Wildman–Crippen MR) is 126 cm³/mol. The van der Waals surface area contributed by atoms with Crippen molar-refractivity contribution in [2.24, 2.45) is 17.3 Å². The third kappa shape index (κ3) is 1.99. The van der Waals surface area contributed by atoms with Crippen LogP contribution in [-0.2, 0) is 15.0 Å². The van der Waals surface area contributed by atoms with Crippen LogP contribution < -0.4 is 15.4 Å². The Kier molecular flexibility index (Phi) is 3.33. The molecule has 0 aromatic heterocycles. The molecule has 33 heavy (non-hydrogen) atoms. The minimum Gasteiger partial charge on any atom is -0.483 e. The zero-order valence-corrected chi connectivity index (χ0v) is 20.2. The van der Waals surface area contributed by atoms with Crippen molar-refractivity contribution < 1.29 is 14.3 Å². The molecule has 1 aromatic carbocycles. The van der Waals surface area contributed by atoms with Gasteiger partial charge in [-0.1, -0.05) is 26.8 Å². The van der Waals surface area contributed by atoms with Crippen LogP contribution in [0.5, 0.6) is 5.75 Å². The lowest BCUT2D eigenvalue weighted by Crippen LogP contribution is -2.79. The smallest absolute Gasteiger partial charge is 0.241 e. The van der Waals surface area contributed by atoms with Crippen molar-refractivity contribution in [3.63, 3.8) is 0 Å². The van der Waals surface area contributed by atoms with Gasteiger partial charge in [0.1, 0.15) is 16.9 Å². The molecular weight excluding hydrogens is 414 g/mol. The second-order valence-electron chi connectivity index (χ2n) is 12.6. The molecule has 1 aliphatic carbocycles. The van der Waals surface area contributed by atoms with Gasteiger partial charge in [0.05, 0.1) is 16.6 Å². The molecule has 4 saturated heterocycles. The van der Waals surface area contributed by atoms with Crippen molar-refractivity contribution in [3.05, 3.63) is 29.3 Å². The predicted octanol–water partition coefficient (Wildman–Crippen LogP) is 3.46. The van der Waals surface area contributed by atoms with E-state index in [0.717, 1.165) is 48.5 Å². The van der Waals surface area contributed by atoms with E-state index in [1.807, 2.05) is 19.9 Å². The fraction of sp³-hybridized carbons (Fsp3) is 0.630. The molecule has 5 fully saturated rings. The van der Waals surface area contributed by atoms with Gasteiger partial charge in [0.2, 0.25) is 11.8 Å². The van der Waals surface area contributed by atoms with Gasteiger partial charge >= 0.3 is 0 Å². The SMILES string of the molecule is C[C@H]1CCN2C[C@]34C[C@@]5(C(=O)Nc6c5ccc5c6C=CC(C)(C)O5)C(C)(C)[C@@H]3C[C@]12C(=O)N4. The lowest BCUT2D eigenvalue weighted by molar-refractivity contribution is -0.160. The molecule has 2 N–H and O–H groups in total. The molecule has 6 heterocycles. The molecule has 1 saturated carbocycles. The summed E-state index contributed by atoms with van der Waals surface area (Å²) in [7, 11) is 0. The molecule has 6 heteroatoms. The Morgan fingerprint density at radius 2 is 1.91 bits per heavy atom. The number of carbonyl (C=O) groups is 2. The first-order valence-electron chi connectivity index (χ1n) is 12.4. The molecule has 174 valence electrons. The van der Waals surface area contributed by atoms with Crippen LogP contribution in [0, 0.1) is 17.3 Å². The first-order valence-corrected chi connectivity index (χ1v) is 12.4. The van der Waals surface area contributed by atoms with E-state index in [4.69, 9.17) is 4.74 Å². The number of anilines is 1. The molecule has 7 aliphatic rings. The van der Waals surface area contributed by atoms with E-state index in [1.54, 1.807) is 0 Å². The van der Waals surface area contributed by atoms with Crippen LogP contribution in [0.3, 0.4) is 0 Å². The average molecular weight is 448 g/mol. The van der Waals surface area contributed by atoms with E-state index in [-0.39, 0.29) is 34.3 Å². The second kappa shape index (κ2) is 5.48. The highest BCUT2D eigenvalue weighted by Crippen LogP contribution is 2.70. The number of ether oxygens (including phenoxy) is 1. The quantitative estimate of drug-likeness (QED) is 0.639. The summed E-state index contributed by atoms with van der Waals surface area (Å²) in [4.78, 5) is 30.0. The Morgan fingerprint density at radius 1 is 1.12 bits per heavy atom. The number of nitrogens with zero attached hydrogens (tertiary/aromatic N) is 1. The number of fused-ring (bicyclic) bond motifs is 5. The number of benzene rings is 1. The zero-order valence-electron chi connectivity index (χ0n) is 20.2. The number of rotatable bonds is 0. The minimum atomic E-state index is -0.676. The maximum absolute atomic E-state index is 14.0. The Morgan fingerprint density at radius 3 is 2.70 bits per heavy atom. The van der Waals surface area contributed by atoms with Crippen LogP contribution in [0.1, 0.15) is 65.0 Å². The number of piperazine rings is 1. The maximum Gasteiger partial charge on any atom is 0.241 e. The van der Waals surface area contributed by atoms with Gasteiger partial charge in [0, 0.05) is 12.1 Å². The molecule has 0 unspecified atom stereocenters. The van der Waals surface area contributed by atoms with Crippen molar-refractivity contribution in [2.45, 2.75) is 76.0 Å². The molecule has 2 bridgehead atoms. The standard InChI is InChI=1S/C27H33N3O3/c1-15-9-11-30-14-25-13-26(24(4,5)19(25)12-27(15,30)22(32)29-25)17-6-7-18-16(20(17)28-21(26)31)8-10-23(2,3)33-18/h6-8,10,15,19H,9,11-14H2,1-5H3,(H,28,31)(H,29,32)/t15-,19-,25+,26+,27+/m0/s1. The number of amides is 2. The van der Waals surface area contributed by atoms with E-state index in [0.29, 0.717) is 12.3 Å². The van der Waals surface area contributed by atoms with Crippen molar-refractivity contribution in [2.75, 3.05) is 18.4 Å². The van der Waals surface area contributed by atoms with Crippen LogP contribution in [0.4, 0.5) is 5.69 Å². The third-order valence-corrected chi connectivity index (χ3v) is 10.5. The summed E-state index contributed by atoms with van der Waals surface area (Å²) >= 11 is 0. The summed E-state index contributed by atoms with van der Waals surface area (Å²) in [6, 6.07) is 4.14.